The Balaban J connectivity index is 1.86. The van der Waals surface area contributed by atoms with E-state index >= 15 is 0 Å². The molecule has 3 rings (SSSR count). The molecule has 1 saturated heterocycles. The molecule has 2 aliphatic heterocycles. The van der Waals surface area contributed by atoms with E-state index in [1.165, 1.54) is 11.1 Å². The van der Waals surface area contributed by atoms with Crippen molar-refractivity contribution in [2.75, 3.05) is 24.5 Å². The summed E-state index contributed by atoms with van der Waals surface area (Å²) in [6.07, 6.45) is 3.68. The Morgan fingerprint density at radius 2 is 2.32 bits per heavy atom. The summed E-state index contributed by atoms with van der Waals surface area (Å²) in [5.41, 5.74) is 9.10. The van der Waals surface area contributed by atoms with Gasteiger partial charge in [-0.3, -0.25) is 4.79 Å². The van der Waals surface area contributed by atoms with E-state index in [9.17, 15) is 4.79 Å². The van der Waals surface area contributed by atoms with Crippen LogP contribution in [0.15, 0.2) is 18.2 Å². The van der Waals surface area contributed by atoms with Crippen molar-refractivity contribution in [1.29, 1.82) is 0 Å². The molecule has 2 aliphatic rings. The first-order valence-electron chi connectivity index (χ1n) is 7.14. The zero-order valence-corrected chi connectivity index (χ0v) is 11.2. The molecule has 0 radical (unpaired) electrons. The highest BCUT2D eigenvalue weighted by molar-refractivity contribution is 6.02. The lowest BCUT2D eigenvalue weighted by molar-refractivity contribution is -0.117. The Bertz CT molecular complexity index is 480. The highest BCUT2D eigenvalue weighted by atomic mass is 16.2. The van der Waals surface area contributed by atoms with Gasteiger partial charge in [0.15, 0.2) is 0 Å². The van der Waals surface area contributed by atoms with Gasteiger partial charge in [0, 0.05) is 18.3 Å². The van der Waals surface area contributed by atoms with Crippen molar-refractivity contribution in [2.45, 2.75) is 31.7 Å². The Kier molecular flexibility index (Phi) is 3.53. The number of anilines is 1. The topological polar surface area (TPSA) is 58.4 Å². The second-order valence-electron chi connectivity index (χ2n) is 5.44. The van der Waals surface area contributed by atoms with Crippen LogP contribution in [0.5, 0.6) is 0 Å². The predicted octanol–water partition coefficient (Wildman–Crippen LogP) is 0.829. The van der Waals surface area contributed by atoms with Crippen LogP contribution < -0.4 is 16.0 Å². The van der Waals surface area contributed by atoms with E-state index in [0.717, 1.165) is 38.0 Å². The largest absolute Gasteiger partial charge is 0.330 e. The molecular weight excluding hydrogens is 238 g/mol. The molecule has 1 aromatic carbocycles. The number of rotatable bonds is 3. The average Bonchev–Trinajstić information content (AvgIpc) is 2.75. The van der Waals surface area contributed by atoms with E-state index in [2.05, 4.69) is 23.5 Å². The van der Waals surface area contributed by atoms with Gasteiger partial charge in [-0.2, -0.15) is 0 Å². The first-order valence-corrected chi connectivity index (χ1v) is 7.14. The summed E-state index contributed by atoms with van der Waals surface area (Å²) in [6.45, 7) is 2.64. The highest BCUT2D eigenvalue weighted by Gasteiger charge is 2.33. The lowest BCUT2D eigenvalue weighted by Gasteiger charge is -2.32. The zero-order valence-electron chi connectivity index (χ0n) is 11.2. The first-order chi connectivity index (χ1) is 9.29. The SMILES string of the molecule is NCCc1ccc2c(c1)CC(=O)N2C1CCCNC1. The lowest BCUT2D eigenvalue weighted by Crippen LogP contribution is -2.47. The molecule has 19 heavy (non-hydrogen) atoms. The molecule has 2 heterocycles. The fourth-order valence-corrected chi connectivity index (χ4v) is 3.17. The predicted molar refractivity (Wildman–Crippen MR) is 76.3 cm³/mol. The molecular formula is C15H21N3O. The van der Waals surface area contributed by atoms with Crippen LogP contribution in [0, 0.1) is 0 Å². The molecule has 1 aromatic rings. The van der Waals surface area contributed by atoms with Crippen molar-refractivity contribution >= 4 is 11.6 Å². The monoisotopic (exact) mass is 259 g/mol. The van der Waals surface area contributed by atoms with Gasteiger partial charge in [0.1, 0.15) is 0 Å². The molecule has 102 valence electrons. The number of nitrogens with one attached hydrogen (secondary N) is 1. The number of amides is 1. The van der Waals surface area contributed by atoms with Crippen LogP contribution in [0.2, 0.25) is 0 Å². The van der Waals surface area contributed by atoms with Crippen molar-refractivity contribution in [3.05, 3.63) is 29.3 Å². The summed E-state index contributed by atoms with van der Waals surface area (Å²) in [7, 11) is 0. The van der Waals surface area contributed by atoms with Crippen LogP contribution in [-0.2, 0) is 17.6 Å². The van der Waals surface area contributed by atoms with Crippen molar-refractivity contribution < 1.29 is 4.79 Å². The number of nitrogens with two attached hydrogens (primary N) is 1. The van der Waals surface area contributed by atoms with Crippen LogP contribution >= 0.6 is 0 Å². The summed E-state index contributed by atoms with van der Waals surface area (Å²) in [5, 5.41) is 3.38. The maximum atomic E-state index is 12.3. The number of carbonyl (C=O) groups is 1. The van der Waals surface area contributed by atoms with E-state index in [1.807, 2.05) is 4.90 Å². The van der Waals surface area contributed by atoms with Gasteiger partial charge < -0.3 is 16.0 Å². The third kappa shape index (κ3) is 2.38. The normalized spacial score (nSPS) is 22.7. The van der Waals surface area contributed by atoms with E-state index in [-0.39, 0.29) is 5.91 Å². The number of hydrogen-bond donors (Lipinski definition) is 2. The third-order valence-corrected chi connectivity index (χ3v) is 4.08. The maximum Gasteiger partial charge on any atom is 0.231 e. The molecule has 4 heteroatoms. The number of nitrogens with zero attached hydrogens (tertiary/aromatic N) is 1. The van der Waals surface area contributed by atoms with Gasteiger partial charge >= 0.3 is 0 Å². The minimum atomic E-state index is 0.244. The fourth-order valence-electron chi connectivity index (χ4n) is 3.17. The molecule has 4 nitrogen and oxygen atoms in total. The molecule has 3 N–H and O–H groups in total. The Morgan fingerprint density at radius 1 is 1.42 bits per heavy atom. The van der Waals surface area contributed by atoms with Crippen molar-refractivity contribution in [3.8, 4) is 0 Å². The molecule has 0 saturated carbocycles. The van der Waals surface area contributed by atoms with Gasteiger partial charge in [-0.15, -0.1) is 0 Å². The number of fused-ring (bicyclic) bond motifs is 1. The van der Waals surface area contributed by atoms with E-state index in [1.54, 1.807) is 0 Å². The smallest absolute Gasteiger partial charge is 0.231 e. The van der Waals surface area contributed by atoms with Crippen LogP contribution in [-0.4, -0.2) is 31.6 Å². The minimum absolute atomic E-state index is 0.244. The first kappa shape index (κ1) is 12.6. The summed E-state index contributed by atoms with van der Waals surface area (Å²) in [5.74, 6) is 0.244. The van der Waals surface area contributed by atoms with Crippen molar-refractivity contribution in [1.82, 2.24) is 5.32 Å². The highest BCUT2D eigenvalue weighted by Crippen LogP contribution is 2.32. The average molecular weight is 259 g/mol. The number of carbonyl (C=O) groups excluding carboxylic acids is 1. The molecule has 1 atom stereocenters. The van der Waals surface area contributed by atoms with E-state index < -0.39 is 0 Å². The molecule has 1 amide bonds. The van der Waals surface area contributed by atoms with Gasteiger partial charge in [-0.1, -0.05) is 12.1 Å². The third-order valence-electron chi connectivity index (χ3n) is 4.08. The Morgan fingerprint density at radius 3 is 3.05 bits per heavy atom. The molecule has 0 aliphatic carbocycles. The van der Waals surface area contributed by atoms with Crippen LogP contribution in [0.1, 0.15) is 24.0 Å². The van der Waals surface area contributed by atoms with Gasteiger partial charge in [0.2, 0.25) is 5.91 Å². The Hall–Kier alpha value is -1.39. The van der Waals surface area contributed by atoms with Gasteiger partial charge in [0.05, 0.1) is 6.42 Å². The summed E-state index contributed by atoms with van der Waals surface area (Å²) in [4.78, 5) is 14.3. The van der Waals surface area contributed by atoms with Crippen molar-refractivity contribution in [2.24, 2.45) is 5.73 Å². The summed E-state index contributed by atoms with van der Waals surface area (Å²) in [6, 6.07) is 6.67. The van der Waals surface area contributed by atoms with Crippen LogP contribution in [0.4, 0.5) is 5.69 Å². The lowest BCUT2D eigenvalue weighted by atomic mass is 10.0. The van der Waals surface area contributed by atoms with Gasteiger partial charge in [-0.25, -0.2) is 0 Å². The van der Waals surface area contributed by atoms with Gasteiger partial charge in [-0.05, 0) is 49.5 Å². The number of hydrogen-bond acceptors (Lipinski definition) is 3. The number of benzene rings is 1. The Labute approximate surface area is 114 Å². The standard InChI is InChI=1S/C15H21N3O/c16-6-5-11-3-4-14-12(8-11)9-15(19)18(14)13-2-1-7-17-10-13/h3-4,8,13,17H,1-2,5-7,9-10,16H2. The fraction of sp³-hybridized carbons (Fsp3) is 0.533. The van der Waals surface area contributed by atoms with E-state index in [0.29, 0.717) is 19.0 Å². The molecule has 0 spiro atoms. The minimum Gasteiger partial charge on any atom is -0.330 e. The van der Waals surface area contributed by atoms with Gasteiger partial charge in [0.25, 0.3) is 0 Å². The zero-order chi connectivity index (χ0) is 13.2. The van der Waals surface area contributed by atoms with E-state index in [4.69, 9.17) is 5.73 Å². The molecule has 1 fully saturated rings. The quantitative estimate of drug-likeness (QED) is 0.845. The second kappa shape index (κ2) is 5.31. The second-order valence-corrected chi connectivity index (χ2v) is 5.44. The van der Waals surface area contributed by atoms with Crippen LogP contribution in [0.3, 0.4) is 0 Å². The molecule has 0 bridgehead atoms. The summed E-state index contributed by atoms with van der Waals surface area (Å²) >= 11 is 0. The maximum absolute atomic E-state index is 12.3. The molecule has 0 aromatic heterocycles. The van der Waals surface area contributed by atoms with Crippen molar-refractivity contribution in [3.63, 3.8) is 0 Å². The van der Waals surface area contributed by atoms with Crippen LogP contribution in [0.25, 0.3) is 0 Å². The number of piperidine rings is 1. The molecule has 1 unspecified atom stereocenters. The summed E-state index contributed by atoms with van der Waals surface area (Å²) < 4.78 is 0.